The Bertz CT molecular complexity index is 884. The molecular weight excluding hydrogens is 491 g/mol. The lowest BCUT2D eigenvalue weighted by atomic mass is 10.0. The van der Waals surface area contributed by atoms with Crippen LogP contribution in [-0.2, 0) is 9.53 Å². The summed E-state index contributed by atoms with van der Waals surface area (Å²) < 4.78 is 49.8. The predicted molar refractivity (Wildman–Crippen MR) is 135 cm³/mol. The Labute approximate surface area is 216 Å². The fourth-order valence-corrected chi connectivity index (χ4v) is 4.17. The van der Waals surface area contributed by atoms with Crippen molar-refractivity contribution in [3.63, 3.8) is 0 Å². The second kappa shape index (κ2) is 14.5. The monoisotopic (exact) mass is 531 g/mol. The molecule has 0 fully saturated rings. The number of fused-ring (bicyclic) bond motifs is 1. The molecule has 0 aliphatic carbocycles. The Morgan fingerprint density at radius 2 is 2.00 bits per heavy atom. The summed E-state index contributed by atoms with van der Waals surface area (Å²) in [5, 5.41) is 15.5. The number of carbonyl (C=O) groups is 2. The van der Waals surface area contributed by atoms with E-state index in [2.05, 4.69) is 10.6 Å². The molecule has 2 rings (SSSR count). The van der Waals surface area contributed by atoms with Crippen LogP contribution < -0.4 is 15.4 Å². The molecule has 11 heteroatoms. The number of likely N-dealkylation sites (N-methyl/N-ethyl adjacent to an activating group) is 1. The van der Waals surface area contributed by atoms with Gasteiger partial charge in [-0.05, 0) is 58.4 Å². The van der Waals surface area contributed by atoms with Gasteiger partial charge < -0.3 is 30.1 Å². The maximum absolute atomic E-state index is 13.8. The van der Waals surface area contributed by atoms with E-state index in [-0.39, 0.29) is 36.0 Å². The standard InChI is InChI=1S/C26H40F3N3O5/c1-17-15-32(18(2)16-33)25(35)21-13-20(31-24(34)10-11-26(27,28)29)8-9-22(21)37-19(3)7-5-6-12-36-23(17)14-30-4/h8-9,13,17-19,23,30,33H,5-7,10-12,14-16H2,1-4H3,(H,31,34)/t17-,18-,19+,23-/m0/s1. The van der Waals surface area contributed by atoms with Crippen LogP contribution in [0.15, 0.2) is 18.2 Å². The van der Waals surface area contributed by atoms with E-state index in [0.29, 0.717) is 25.4 Å². The van der Waals surface area contributed by atoms with E-state index in [1.807, 2.05) is 20.9 Å². The van der Waals surface area contributed by atoms with Crippen LogP contribution in [0.5, 0.6) is 5.75 Å². The first-order chi connectivity index (χ1) is 17.4. The number of aliphatic hydroxyl groups is 1. The van der Waals surface area contributed by atoms with Crippen LogP contribution in [0.1, 0.15) is 63.2 Å². The molecule has 0 spiro atoms. The third-order valence-corrected chi connectivity index (χ3v) is 6.38. The van der Waals surface area contributed by atoms with Gasteiger partial charge in [0.25, 0.3) is 5.91 Å². The lowest BCUT2D eigenvalue weighted by molar-refractivity contribution is -0.142. The molecule has 1 aromatic rings. The molecule has 1 aliphatic rings. The van der Waals surface area contributed by atoms with Crippen LogP contribution in [0.2, 0.25) is 0 Å². The Balaban J connectivity index is 2.42. The van der Waals surface area contributed by atoms with Gasteiger partial charge in [-0.3, -0.25) is 9.59 Å². The van der Waals surface area contributed by atoms with E-state index in [0.717, 1.165) is 19.3 Å². The van der Waals surface area contributed by atoms with Crippen LogP contribution >= 0.6 is 0 Å². The van der Waals surface area contributed by atoms with Gasteiger partial charge in [0.05, 0.1) is 36.8 Å². The zero-order valence-electron chi connectivity index (χ0n) is 22.1. The largest absolute Gasteiger partial charge is 0.490 e. The van der Waals surface area contributed by atoms with Crippen LogP contribution in [-0.4, -0.2) is 79.6 Å². The average molecular weight is 532 g/mol. The number of rotatable bonds is 7. The molecule has 0 unspecified atom stereocenters. The quantitative estimate of drug-likeness (QED) is 0.492. The van der Waals surface area contributed by atoms with Gasteiger partial charge in [0, 0.05) is 37.7 Å². The molecule has 1 aliphatic heterocycles. The molecular formula is C26H40F3N3O5. The molecule has 0 bridgehead atoms. The number of alkyl halides is 3. The van der Waals surface area contributed by atoms with Gasteiger partial charge in [0.1, 0.15) is 5.75 Å². The number of anilines is 1. The minimum atomic E-state index is -4.44. The highest BCUT2D eigenvalue weighted by Crippen LogP contribution is 2.29. The Morgan fingerprint density at radius 1 is 1.27 bits per heavy atom. The molecule has 37 heavy (non-hydrogen) atoms. The van der Waals surface area contributed by atoms with E-state index in [9.17, 15) is 27.9 Å². The minimum absolute atomic E-state index is 0.0677. The summed E-state index contributed by atoms with van der Waals surface area (Å²) in [5.41, 5.74) is 0.355. The molecule has 1 heterocycles. The van der Waals surface area contributed by atoms with E-state index in [1.165, 1.54) is 12.1 Å². The maximum atomic E-state index is 13.8. The summed E-state index contributed by atoms with van der Waals surface area (Å²) in [7, 11) is 1.83. The number of hydrogen-bond acceptors (Lipinski definition) is 6. The van der Waals surface area contributed by atoms with Gasteiger partial charge in [-0.25, -0.2) is 0 Å². The number of benzene rings is 1. The number of hydrogen-bond donors (Lipinski definition) is 3. The lowest BCUT2D eigenvalue weighted by Crippen LogP contribution is -2.47. The summed E-state index contributed by atoms with van der Waals surface area (Å²) in [6.07, 6.45) is -4.31. The van der Waals surface area contributed by atoms with Crippen molar-refractivity contribution in [2.45, 2.75) is 77.3 Å². The van der Waals surface area contributed by atoms with Gasteiger partial charge in [-0.2, -0.15) is 13.2 Å². The fraction of sp³-hybridized carbons (Fsp3) is 0.692. The summed E-state index contributed by atoms with van der Waals surface area (Å²) in [5.74, 6) is -0.973. The zero-order valence-corrected chi connectivity index (χ0v) is 22.1. The Morgan fingerprint density at radius 3 is 2.65 bits per heavy atom. The Hall–Kier alpha value is -2.37. The average Bonchev–Trinajstić information content (AvgIpc) is 2.84. The first-order valence-electron chi connectivity index (χ1n) is 12.8. The van der Waals surface area contributed by atoms with Crippen LogP contribution in [0, 0.1) is 5.92 Å². The molecule has 1 aromatic carbocycles. The highest BCUT2D eigenvalue weighted by Gasteiger charge is 2.30. The van der Waals surface area contributed by atoms with Gasteiger partial charge >= 0.3 is 6.18 Å². The van der Waals surface area contributed by atoms with Crippen molar-refractivity contribution in [1.29, 1.82) is 0 Å². The molecule has 0 radical (unpaired) electrons. The second-order valence-corrected chi connectivity index (χ2v) is 9.73. The van der Waals surface area contributed by atoms with E-state index >= 15 is 0 Å². The number of nitrogens with one attached hydrogen (secondary N) is 2. The number of halogens is 3. The number of carbonyl (C=O) groups excluding carboxylic acids is 2. The second-order valence-electron chi connectivity index (χ2n) is 9.73. The highest BCUT2D eigenvalue weighted by atomic mass is 19.4. The summed E-state index contributed by atoms with van der Waals surface area (Å²) >= 11 is 0. The normalized spacial score (nSPS) is 23.0. The van der Waals surface area contributed by atoms with E-state index in [4.69, 9.17) is 9.47 Å². The van der Waals surface area contributed by atoms with Crippen molar-refractivity contribution >= 4 is 17.5 Å². The van der Waals surface area contributed by atoms with Crippen molar-refractivity contribution in [1.82, 2.24) is 10.2 Å². The fourth-order valence-electron chi connectivity index (χ4n) is 4.17. The zero-order chi connectivity index (χ0) is 27.6. The third kappa shape index (κ3) is 10.1. The molecule has 8 nitrogen and oxygen atoms in total. The van der Waals surface area contributed by atoms with Gasteiger partial charge in [0.2, 0.25) is 5.91 Å². The first-order valence-corrected chi connectivity index (χ1v) is 12.8. The summed E-state index contributed by atoms with van der Waals surface area (Å²) in [6.45, 7) is 6.82. The maximum Gasteiger partial charge on any atom is 0.389 e. The summed E-state index contributed by atoms with van der Waals surface area (Å²) in [6, 6.07) is 3.96. The van der Waals surface area contributed by atoms with Gasteiger partial charge in [-0.15, -0.1) is 0 Å². The molecule has 4 atom stereocenters. The molecule has 0 saturated carbocycles. The van der Waals surface area contributed by atoms with Crippen LogP contribution in [0.25, 0.3) is 0 Å². The lowest BCUT2D eigenvalue weighted by Gasteiger charge is -2.34. The number of aliphatic hydroxyl groups excluding tert-OH is 1. The van der Waals surface area contributed by atoms with Gasteiger partial charge in [0.15, 0.2) is 0 Å². The van der Waals surface area contributed by atoms with Crippen LogP contribution in [0.4, 0.5) is 18.9 Å². The summed E-state index contributed by atoms with van der Waals surface area (Å²) in [4.78, 5) is 27.5. The minimum Gasteiger partial charge on any atom is -0.490 e. The number of ether oxygens (including phenoxy) is 2. The SMILES string of the molecule is CNC[C@@H]1OCCCC[C@@H](C)Oc2ccc(NC(=O)CCC(F)(F)F)cc2C(=O)N([C@@H](C)CO)C[C@@H]1C. The third-order valence-electron chi connectivity index (χ3n) is 6.38. The van der Waals surface area contributed by atoms with Crippen molar-refractivity contribution < 1.29 is 37.3 Å². The topological polar surface area (TPSA) is 100 Å². The van der Waals surface area contributed by atoms with E-state index in [1.54, 1.807) is 17.9 Å². The highest BCUT2D eigenvalue weighted by molar-refractivity contribution is 5.99. The van der Waals surface area contributed by atoms with Crippen molar-refractivity contribution in [3.8, 4) is 5.75 Å². The molecule has 3 N–H and O–H groups in total. The number of nitrogens with zero attached hydrogens (tertiary/aromatic N) is 1. The van der Waals surface area contributed by atoms with Crippen LogP contribution in [0.3, 0.4) is 0 Å². The van der Waals surface area contributed by atoms with Crippen molar-refractivity contribution in [3.05, 3.63) is 23.8 Å². The molecule has 0 saturated heterocycles. The smallest absolute Gasteiger partial charge is 0.389 e. The first kappa shape index (κ1) is 30.9. The van der Waals surface area contributed by atoms with E-state index < -0.39 is 36.9 Å². The number of amides is 2. The molecule has 0 aromatic heterocycles. The van der Waals surface area contributed by atoms with Crippen molar-refractivity contribution in [2.75, 3.05) is 38.7 Å². The molecule has 210 valence electrons. The van der Waals surface area contributed by atoms with Gasteiger partial charge in [-0.1, -0.05) is 6.92 Å². The molecule has 2 amide bonds. The Kier molecular flexibility index (Phi) is 12.1. The van der Waals surface area contributed by atoms with Crippen molar-refractivity contribution in [2.24, 2.45) is 5.92 Å². The predicted octanol–water partition coefficient (Wildman–Crippen LogP) is 3.98.